The summed E-state index contributed by atoms with van der Waals surface area (Å²) in [5.74, 6) is 0.422. The van der Waals surface area contributed by atoms with Crippen LogP contribution < -0.4 is 10.2 Å². The molecule has 1 aliphatic heterocycles. The molecule has 0 fully saturated rings. The maximum Gasteiger partial charge on any atom is 0.258 e. The van der Waals surface area contributed by atoms with Gasteiger partial charge >= 0.3 is 0 Å². The summed E-state index contributed by atoms with van der Waals surface area (Å²) in [6, 6.07) is 14.1. The first-order valence-corrected chi connectivity index (χ1v) is 8.68. The van der Waals surface area contributed by atoms with Crippen LogP contribution in [0.4, 0.5) is 17.3 Å². The number of para-hydroxylation sites is 1. The number of amides is 1. The van der Waals surface area contributed by atoms with Crippen molar-refractivity contribution in [1.82, 2.24) is 9.97 Å². The molecule has 0 radical (unpaired) electrons. The van der Waals surface area contributed by atoms with Gasteiger partial charge in [-0.1, -0.05) is 30.3 Å². The summed E-state index contributed by atoms with van der Waals surface area (Å²) in [6.45, 7) is 4.87. The van der Waals surface area contributed by atoms with E-state index >= 15 is 0 Å². The maximum absolute atomic E-state index is 12.5. The lowest BCUT2D eigenvalue weighted by atomic mass is 10.1. The molecule has 26 heavy (non-hydrogen) atoms. The summed E-state index contributed by atoms with van der Waals surface area (Å²) in [6.07, 6.45) is 4.15. The zero-order chi connectivity index (χ0) is 18.1. The quantitative estimate of drug-likeness (QED) is 0.779. The van der Waals surface area contributed by atoms with Crippen molar-refractivity contribution in [3.63, 3.8) is 0 Å². The van der Waals surface area contributed by atoms with E-state index in [9.17, 15) is 4.79 Å². The zero-order valence-corrected chi connectivity index (χ0v) is 14.9. The van der Waals surface area contributed by atoms with Crippen LogP contribution in [0.5, 0.6) is 0 Å². The standard InChI is InChI=1S/C21H20N4O/c1-14-6-5-8-18(15(14)2)24-20(26)17-12-22-21(23-13-17)25-11-10-16-7-3-4-9-19(16)25/h3-9,12-13H,10-11H2,1-2H3,(H,24,26). The van der Waals surface area contributed by atoms with Crippen molar-refractivity contribution in [1.29, 1.82) is 0 Å². The van der Waals surface area contributed by atoms with Crippen molar-refractivity contribution in [2.45, 2.75) is 20.3 Å². The molecule has 0 saturated heterocycles. The number of nitrogens with zero attached hydrogens (tertiary/aromatic N) is 3. The highest BCUT2D eigenvalue weighted by Gasteiger charge is 2.22. The lowest BCUT2D eigenvalue weighted by Crippen LogP contribution is -2.18. The molecule has 0 saturated carbocycles. The number of hydrogen-bond acceptors (Lipinski definition) is 4. The Hall–Kier alpha value is -3.21. The van der Waals surface area contributed by atoms with Crippen molar-refractivity contribution in [2.24, 2.45) is 0 Å². The van der Waals surface area contributed by atoms with Crippen LogP contribution in [0.2, 0.25) is 0 Å². The number of hydrogen-bond donors (Lipinski definition) is 1. The second-order valence-corrected chi connectivity index (χ2v) is 6.50. The van der Waals surface area contributed by atoms with Crippen molar-refractivity contribution >= 4 is 23.2 Å². The molecule has 2 heterocycles. The Kier molecular flexibility index (Phi) is 4.13. The molecule has 0 unspecified atom stereocenters. The van der Waals surface area contributed by atoms with Crippen LogP contribution in [0.15, 0.2) is 54.9 Å². The van der Waals surface area contributed by atoms with Crippen molar-refractivity contribution in [3.05, 3.63) is 77.1 Å². The fourth-order valence-electron chi connectivity index (χ4n) is 3.20. The predicted octanol–water partition coefficient (Wildman–Crippen LogP) is 4.04. The molecule has 0 spiro atoms. The molecule has 2 aromatic carbocycles. The third-order valence-corrected chi connectivity index (χ3v) is 4.88. The Morgan fingerprint density at radius 2 is 1.81 bits per heavy atom. The van der Waals surface area contributed by atoms with Gasteiger partial charge in [-0.05, 0) is 49.1 Å². The van der Waals surface area contributed by atoms with E-state index in [4.69, 9.17) is 0 Å². The van der Waals surface area contributed by atoms with E-state index in [0.29, 0.717) is 11.5 Å². The van der Waals surface area contributed by atoms with Crippen LogP contribution >= 0.6 is 0 Å². The Bertz CT molecular complexity index is 966. The van der Waals surface area contributed by atoms with Gasteiger partial charge in [0.15, 0.2) is 0 Å². The zero-order valence-electron chi connectivity index (χ0n) is 14.9. The van der Waals surface area contributed by atoms with Crippen molar-refractivity contribution in [2.75, 3.05) is 16.8 Å². The van der Waals surface area contributed by atoms with Gasteiger partial charge in [0.2, 0.25) is 5.95 Å². The third-order valence-electron chi connectivity index (χ3n) is 4.88. The van der Waals surface area contributed by atoms with Gasteiger partial charge in [0.1, 0.15) is 0 Å². The highest BCUT2D eigenvalue weighted by Crippen LogP contribution is 2.32. The highest BCUT2D eigenvalue weighted by molar-refractivity contribution is 6.04. The van der Waals surface area contributed by atoms with Crippen molar-refractivity contribution in [3.8, 4) is 0 Å². The summed E-state index contributed by atoms with van der Waals surface area (Å²) in [7, 11) is 0. The third kappa shape index (κ3) is 2.92. The average molecular weight is 344 g/mol. The number of benzene rings is 2. The lowest BCUT2D eigenvalue weighted by molar-refractivity contribution is 0.102. The Labute approximate surface area is 152 Å². The number of carbonyl (C=O) groups excluding carboxylic acids is 1. The summed E-state index contributed by atoms with van der Waals surface area (Å²) >= 11 is 0. The summed E-state index contributed by atoms with van der Waals surface area (Å²) in [4.78, 5) is 23.4. The van der Waals surface area contributed by atoms with Gasteiger partial charge in [0, 0.05) is 30.3 Å². The molecule has 1 aliphatic rings. The fraction of sp³-hybridized carbons (Fsp3) is 0.190. The van der Waals surface area contributed by atoms with Gasteiger partial charge in [0.05, 0.1) is 5.56 Å². The van der Waals surface area contributed by atoms with Gasteiger partial charge < -0.3 is 10.2 Å². The molecule has 0 aliphatic carbocycles. The summed E-state index contributed by atoms with van der Waals surface area (Å²) in [5, 5.41) is 2.94. The molecular weight excluding hydrogens is 324 g/mol. The predicted molar refractivity (Wildman–Crippen MR) is 103 cm³/mol. The van der Waals surface area contributed by atoms with Gasteiger partial charge in [-0.25, -0.2) is 9.97 Å². The maximum atomic E-state index is 12.5. The Morgan fingerprint density at radius 1 is 1.04 bits per heavy atom. The number of aromatic nitrogens is 2. The van der Waals surface area contributed by atoms with Crippen LogP contribution in [0.3, 0.4) is 0 Å². The minimum atomic E-state index is -0.202. The van der Waals surface area contributed by atoms with Gasteiger partial charge in [-0.3, -0.25) is 4.79 Å². The van der Waals surface area contributed by atoms with E-state index in [1.165, 1.54) is 5.56 Å². The number of anilines is 3. The topological polar surface area (TPSA) is 58.1 Å². The first-order chi connectivity index (χ1) is 12.6. The smallest absolute Gasteiger partial charge is 0.258 e. The second-order valence-electron chi connectivity index (χ2n) is 6.50. The van der Waals surface area contributed by atoms with E-state index in [1.54, 1.807) is 12.4 Å². The molecule has 1 N–H and O–H groups in total. The molecule has 130 valence electrons. The van der Waals surface area contributed by atoms with E-state index < -0.39 is 0 Å². The lowest BCUT2D eigenvalue weighted by Gasteiger charge is -2.17. The molecule has 1 amide bonds. The van der Waals surface area contributed by atoms with Crippen LogP contribution in [0, 0.1) is 13.8 Å². The molecule has 5 heteroatoms. The molecular formula is C21H20N4O. The van der Waals surface area contributed by atoms with E-state index in [-0.39, 0.29) is 5.91 Å². The van der Waals surface area contributed by atoms with Gasteiger partial charge in [-0.2, -0.15) is 0 Å². The summed E-state index contributed by atoms with van der Waals surface area (Å²) in [5.41, 5.74) is 5.90. The van der Waals surface area contributed by atoms with Crippen LogP contribution in [-0.2, 0) is 6.42 Å². The monoisotopic (exact) mass is 344 g/mol. The normalized spacial score (nSPS) is 12.8. The van der Waals surface area contributed by atoms with E-state index in [0.717, 1.165) is 35.5 Å². The largest absolute Gasteiger partial charge is 0.322 e. The van der Waals surface area contributed by atoms with Crippen molar-refractivity contribution < 1.29 is 4.79 Å². The number of carbonyl (C=O) groups is 1. The highest BCUT2D eigenvalue weighted by atomic mass is 16.1. The average Bonchev–Trinajstić information content (AvgIpc) is 3.10. The summed E-state index contributed by atoms with van der Waals surface area (Å²) < 4.78 is 0. The molecule has 4 rings (SSSR count). The number of aryl methyl sites for hydroxylation is 1. The number of fused-ring (bicyclic) bond motifs is 1. The molecule has 0 bridgehead atoms. The first-order valence-electron chi connectivity index (χ1n) is 8.68. The Balaban J connectivity index is 1.53. The molecule has 5 nitrogen and oxygen atoms in total. The number of nitrogens with one attached hydrogen (secondary N) is 1. The first kappa shape index (κ1) is 16.3. The van der Waals surface area contributed by atoms with Gasteiger partial charge in [-0.15, -0.1) is 0 Å². The Morgan fingerprint density at radius 3 is 2.62 bits per heavy atom. The SMILES string of the molecule is Cc1cccc(NC(=O)c2cnc(N3CCc4ccccc43)nc2)c1C. The number of rotatable bonds is 3. The minimum Gasteiger partial charge on any atom is -0.322 e. The fourth-order valence-corrected chi connectivity index (χ4v) is 3.20. The molecule has 3 aromatic rings. The van der Waals surface area contributed by atoms with Crippen LogP contribution in [0.25, 0.3) is 0 Å². The second kappa shape index (κ2) is 6.59. The van der Waals surface area contributed by atoms with Gasteiger partial charge in [0.25, 0.3) is 5.91 Å². The molecule has 0 atom stereocenters. The van der Waals surface area contributed by atoms with E-state index in [1.807, 2.05) is 44.2 Å². The van der Waals surface area contributed by atoms with E-state index in [2.05, 4.69) is 32.3 Å². The van der Waals surface area contributed by atoms with Crippen LogP contribution in [-0.4, -0.2) is 22.4 Å². The van der Waals surface area contributed by atoms with Crippen LogP contribution in [0.1, 0.15) is 27.0 Å². The minimum absolute atomic E-state index is 0.202. The molecule has 1 aromatic heterocycles.